The van der Waals surface area contributed by atoms with Crippen molar-refractivity contribution in [2.75, 3.05) is 57.2 Å². The second-order valence-electron chi connectivity index (χ2n) is 11.6. The van der Waals surface area contributed by atoms with Gasteiger partial charge in [-0.05, 0) is 111 Å². The summed E-state index contributed by atoms with van der Waals surface area (Å²) in [6, 6.07) is 22.2. The van der Waals surface area contributed by atoms with Gasteiger partial charge in [-0.3, -0.25) is 0 Å². The molecule has 0 aromatic heterocycles. The Morgan fingerprint density at radius 3 is 1.15 bits per heavy atom. The number of nitrogens with zero attached hydrogens (tertiary/aromatic N) is 2. The van der Waals surface area contributed by atoms with Crippen LogP contribution in [0.3, 0.4) is 0 Å². The highest BCUT2D eigenvalue weighted by Gasteiger charge is 2.17. The first-order valence-corrected chi connectivity index (χ1v) is 16.8. The Hall–Kier alpha value is -4.54. The summed E-state index contributed by atoms with van der Waals surface area (Å²) in [5.74, 6) is -0.637. The van der Waals surface area contributed by atoms with E-state index in [-0.39, 0.29) is 11.6 Å². The van der Waals surface area contributed by atoms with Crippen molar-refractivity contribution in [1.29, 1.82) is 0 Å². The fraction of sp³-hybridized carbons (Fsp3) is 0.278. The van der Waals surface area contributed by atoms with E-state index >= 15 is 0 Å². The van der Waals surface area contributed by atoms with Gasteiger partial charge in [-0.2, -0.15) is 0 Å². The highest BCUT2D eigenvalue weighted by molar-refractivity contribution is 6.31. The normalized spacial score (nSPS) is 14.3. The van der Waals surface area contributed by atoms with Crippen molar-refractivity contribution in [2.45, 2.75) is 38.5 Å². The molecule has 0 aliphatic carbocycles. The first-order chi connectivity index (χ1) is 23.2. The maximum absolute atomic E-state index is 14.5. The Morgan fingerprint density at radius 1 is 0.479 bits per heavy atom. The average molecular weight is 696 g/mol. The van der Waals surface area contributed by atoms with Gasteiger partial charge >= 0.3 is 12.1 Å². The van der Waals surface area contributed by atoms with Gasteiger partial charge < -0.3 is 31.1 Å². The lowest BCUT2D eigenvalue weighted by Gasteiger charge is -2.23. The summed E-state index contributed by atoms with van der Waals surface area (Å²) in [7, 11) is 0. The third-order valence-electron chi connectivity index (χ3n) is 8.01. The lowest BCUT2D eigenvalue weighted by Crippen LogP contribution is -2.25. The third-order valence-corrected chi connectivity index (χ3v) is 8.51. The Balaban J connectivity index is 0.000000188. The topological polar surface area (TPSA) is 88.7 Å². The molecule has 2 saturated heterocycles. The van der Waals surface area contributed by atoms with E-state index in [1.807, 2.05) is 4.90 Å². The molecular formula is C36H38Cl2F2N6O2. The molecule has 48 heavy (non-hydrogen) atoms. The number of benzene rings is 4. The van der Waals surface area contributed by atoms with Gasteiger partial charge in [0.1, 0.15) is 11.6 Å². The van der Waals surface area contributed by atoms with Crippen molar-refractivity contribution in [3.63, 3.8) is 0 Å². The van der Waals surface area contributed by atoms with Crippen LogP contribution in [-0.2, 0) is 0 Å². The fourth-order valence-electron chi connectivity index (χ4n) is 5.61. The van der Waals surface area contributed by atoms with Gasteiger partial charge in [-0.15, -0.1) is 0 Å². The Labute approximate surface area is 289 Å². The number of hydrogen-bond donors (Lipinski definition) is 4. The van der Waals surface area contributed by atoms with Crippen LogP contribution in [0.4, 0.5) is 52.5 Å². The monoisotopic (exact) mass is 694 g/mol. The van der Waals surface area contributed by atoms with Crippen LogP contribution in [0.2, 0.25) is 10.0 Å². The summed E-state index contributed by atoms with van der Waals surface area (Å²) in [6.07, 6.45) is 6.74. The van der Waals surface area contributed by atoms with Crippen molar-refractivity contribution in [2.24, 2.45) is 0 Å². The molecule has 0 atom stereocenters. The minimum atomic E-state index is -0.430. The zero-order valence-corrected chi connectivity index (χ0v) is 27.9. The second kappa shape index (κ2) is 17.0. The molecule has 2 heterocycles. The third kappa shape index (κ3) is 10.2. The van der Waals surface area contributed by atoms with E-state index in [1.165, 1.54) is 25.0 Å². The van der Waals surface area contributed by atoms with Crippen LogP contribution in [0.1, 0.15) is 38.5 Å². The van der Waals surface area contributed by atoms with Crippen LogP contribution in [0.25, 0.3) is 0 Å². The predicted molar refractivity (Wildman–Crippen MR) is 193 cm³/mol. The van der Waals surface area contributed by atoms with Gasteiger partial charge in [0.2, 0.25) is 0 Å². The summed E-state index contributed by atoms with van der Waals surface area (Å²) in [5.41, 5.74) is 3.25. The van der Waals surface area contributed by atoms with E-state index in [1.54, 1.807) is 72.8 Å². The molecule has 0 radical (unpaired) electrons. The smallest absolute Gasteiger partial charge is 0.323 e. The molecule has 4 N–H and O–H groups in total. The van der Waals surface area contributed by atoms with Gasteiger partial charge in [0.15, 0.2) is 0 Å². The summed E-state index contributed by atoms with van der Waals surface area (Å²) in [4.78, 5) is 28.1. The van der Waals surface area contributed by atoms with Crippen LogP contribution >= 0.6 is 23.2 Å². The van der Waals surface area contributed by atoms with Crippen molar-refractivity contribution in [3.05, 3.63) is 107 Å². The summed E-state index contributed by atoms with van der Waals surface area (Å²) < 4.78 is 28.7. The molecule has 2 aliphatic heterocycles. The molecule has 6 rings (SSSR count). The zero-order chi connectivity index (χ0) is 33.9. The first kappa shape index (κ1) is 34.8. The molecule has 0 saturated carbocycles. The highest BCUT2D eigenvalue weighted by atomic mass is 35.5. The van der Waals surface area contributed by atoms with Gasteiger partial charge in [0.05, 0.1) is 11.4 Å². The number of hydrogen-bond acceptors (Lipinski definition) is 4. The molecule has 8 nitrogen and oxygen atoms in total. The molecule has 4 aromatic rings. The van der Waals surface area contributed by atoms with Crippen LogP contribution in [0, 0.1) is 11.6 Å². The van der Waals surface area contributed by atoms with Crippen LogP contribution in [-0.4, -0.2) is 38.2 Å². The Kier molecular flexibility index (Phi) is 12.3. The lowest BCUT2D eigenvalue weighted by atomic mass is 10.2. The predicted octanol–water partition coefficient (Wildman–Crippen LogP) is 10.2. The molecule has 2 fully saturated rings. The summed E-state index contributed by atoms with van der Waals surface area (Å²) in [6.45, 7) is 3.50. The Bertz CT molecular complexity index is 1680. The molecule has 4 amide bonds. The SMILES string of the molecule is O=C(Nc1ccc(Cl)cc1)Nc1ccc(N2CCCC2)c(F)c1.O=C(Nc1ccc(Cl)cc1)Nc1ccc(N2CCCCCC2)c(F)c1. The van der Waals surface area contributed by atoms with Gasteiger partial charge in [-0.25, -0.2) is 18.4 Å². The quantitative estimate of drug-likeness (QED) is 0.162. The van der Waals surface area contributed by atoms with E-state index in [2.05, 4.69) is 26.2 Å². The maximum Gasteiger partial charge on any atom is 0.323 e. The van der Waals surface area contributed by atoms with Crippen molar-refractivity contribution < 1.29 is 18.4 Å². The zero-order valence-electron chi connectivity index (χ0n) is 26.4. The number of anilines is 6. The Morgan fingerprint density at radius 2 is 0.792 bits per heavy atom. The molecule has 2 aliphatic rings. The molecule has 252 valence electrons. The number of carbonyl (C=O) groups excluding carboxylic acids is 2. The van der Waals surface area contributed by atoms with E-state index in [9.17, 15) is 18.4 Å². The number of urea groups is 2. The number of nitrogens with one attached hydrogen (secondary N) is 4. The first-order valence-electron chi connectivity index (χ1n) is 16.0. The molecule has 0 unspecified atom stereocenters. The fourth-order valence-corrected chi connectivity index (χ4v) is 5.86. The summed E-state index contributed by atoms with van der Waals surface area (Å²) >= 11 is 11.6. The van der Waals surface area contributed by atoms with Crippen LogP contribution in [0.5, 0.6) is 0 Å². The number of amides is 4. The van der Waals surface area contributed by atoms with E-state index < -0.39 is 12.1 Å². The van der Waals surface area contributed by atoms with E-state index in [0.717, 1.165) is 51.9 Å². The molecule has 0 bridgehead atoms. The van der Waals surface area contributed by atoms with Crippen molar-refractivity contribution in [1.82, 2.24) is 0 Å². The lowest BCUT2D eigenvalue weighted by molar-refractivity contribution is 0.261. The average Bonchev–Trinajstić information content (AvgIpc) is 3.46. The van der Waals surface area contributed by atoms with Gasteiger partial charge in [0.25, 0.3) is 0 Å². The van der Waals surface area contributed by atoms with Gasteiger partial charge in [-0.1, -0.05) is 36.0 Å². The van der Waals surface area contributed by atoms with Crippen molar-refractivity contribution in [3.8, 4) is 0 Å². The van der Waals surface area contributed by atoms with Gasteiger partial charge in [0, 0.05) is 59.0 Å². The number of halogens is 4. The molecule has 0 spiro atoms. The van der Waals surface area contributed by atoms with E-state index in [4.69, 9.17) is 23.2 Å². The minimum Gasteiger partial charge on any atom is -0.369 e. The van der Waals surface area contributed by atoms with Crippen LogP contribution < -0.4 is 31.1 Å². The minimum absolute atomic E-state index is 0.314. The largest absolute Gasteiger partial charge is 0.369 e. The maximum atomic E-state index is 14.5. The number of carbonyl (C=O) groups is 2. The standard InChI is InChI=1S/C19H21ClFN3O.C17H17ClFN3O/c20-14-5-7-15(8-6-14)22-19(25)23-16-9-10-18(17(21)13-16)24-11-3-1-2-4-12-24;18-12-3-5-13(6-4-12)20-17(23)21-14-7-8-16(15(19)11-14)22-9-1-2-10-22/h5-10,13H,1-4,11-12H2,(H2,22,23,25);3-8,11H,1-2,9-10H2,(H2,20,21,23). The molecule has 12 heteroatoms. The van der Waals surface area contributed by atoms with Crippen molar-refractivity contribution >= 4 is 69.4 Å². The summed E-state index contributed by atoms with van der Waals surface area (Å²) in [5, 5.41) is 11.8. The number of rotatable bonds is 6. The molecular weight excluding hydrogens is 657 g/mol. The molecule has 4 aromatic carbocycles. The second-order valence-corrected chi connectivity index (χ2v) is 12.5. The van der Waals surface area contributed by atoms with E-state index in [0.29, 0.717) is 44.2 Å². The highest BCUT2D eigenvalue weighted by Crippen LogP contribution is 2.27. The van der Waals surface area contributed by atoms with Crippen LogP contribution in [0.15, 0.2) is 84.9 Å².